The summed E-state index contributed by atoms with van der Waals surface area (Å²) in [4.78, 5) is 0. The van der Waals surface area contributed by atoms with Gasteiger partial charge in [0.1, 0.15) is 0 Å². The van der Waals surface area contributed by atoms with Gasteiger partial charge in [-0.25, -0.2) is 0 Å². The molecule has 16 heavy (non-hydrogen) atoms. The van der Waals surface area contributed by atoms with Gasteiger partial charge in [-0.15, -0.1) is 0 Å². The lowest BCUT2D eigenvalue weighted by Crippen LogP contribution is -2.01. The van der Waals surface area contributed by atoms with Crippen LogP contribution in [0.1, 0.15) is 11.3 Å². The molecule has 84 valence electrons. The zero-order valence-electron chi connectivity index (χ0n) is 9.37. The lowest BCUT2D eigenvalue weighted by molar-refractivity contribution is 0.747. The molecular weight excluding hydrogens is 313 g/mol. The van der Waals surface area contributed by atoms with Crippen molar-refractivity contribution in [2.75, 3.05) is 5.32 Å². The molecule has 2 aromatic rings. The Morgan fingerprint density at radius 2 is 2.19 bits per heavy atom. The number of hydrogen-bond acceptors (Lipinski definition) is 2. The summed E-state index contributed by atoms with van der Waals surface area (Å²) in [5.41, 5.74) is 3.50. The molecule has 0 atom stereocenters. The molecule has 0 aliphatic heterocycles. The van der Waals surface area contributed by atoms with Crippen molar-refractivity contribution in [3.05, 3.63) is 45.3 Å². The Morgan fingerprint density at radius 3 is 2.81 bits per heavy atom. The number of rotatable bonds is 3. The van der Waals surface area contributed by atoms with Gasteiger partial charge in [-0.05, 0) is 53.3 Å². The summed E-state index contributed by atoms with van der Waals surface area (Å²) in [6.07, 6.45) is 1.95. The first-order valence-electron chi connectivity index (χ1n) is 5.14. The highest BCUT2D eigenvalue weighted by molar-refractivity contribution is 14.1. The number of anilines is 1. The Hall–Kier alpha value is -1.04. The van der Waals surface area contributed by atoms with Crippen molar-refractivity contribution in [1.29, 1.82) is 0 Å². The average Bonchev–Trinajstić information content (AvgIpc) is 2.66. The Bertz CT molecular complexity index is 491. The van der Waals surface area contributed by atoms with Crippen LogP contribution in [-0.4, -0.2) is 9.78 Å². The van der Waals surface area contributed by atoms with Crippen LogP contribution in [0.2, 0.25) is 0 Å². The third-order valence-electron chi connectivity index (χ3n) is 2.41. The minimum absolute atomic E-state index is 0.764. The van der Waals surface area contributed by atoms with Gasteiger partial charge in [-0.1, -0.05) is 6.07 Å². The van der Waals surface area contributed by atoms with Gasteiger partial charge >= 0.3 is 0 Å². The molecule has 0 bridgehead atoms. The topological polar surface area (TPSA) is 29.9 Å². The van der Waals surface area contributed by atoms with Crippen LogP contribution in [0.5, 0.6) is 0 Å². The van der Waals surface area contributed by atoms with Crippen LogP contribution < -0.4 is 5.32 Å². The molecule has 1 aromatic carbocycles. The molecule has 0 unspecified atom stereocenters. The summed E-state index contributed by atoms with van der Waals surface area (Å²) in [6.45, 7) is 2.88. The van der Waals surface area contributed by atoms with Crippen LogP contribution in [0.3, 0.4) is 0 Å². The van der Waals surface area contributed by atoms with Crippen molar-refractivity contribution >= 4 is 28.3 Å². The third kappa shape index (κ3) is 2.75. The number of aromatic nitrogens is 2. The fourth-order valence-electron chi connectivity index (χ4n) is 1.45. The molecule has 1 heterocycles. The molecular formula is C12H14IN3. The van der Waals surface area contributed by atoms with E-state index in [9.17, 15) is 0 Å². The first kappa shape index (κ1) is 11.4. The van der Waals surface area contributed by atoms with E-state index in [4.69, 9.17) is 0 Å². The molecule has 0 spiro atoms. The number of nitrogens with one attached hydrogen (secondary N) is 1. The molecule has 2 rings (SSSR count). The SMILES string of the molecule is Cc1ccc(NCc2ccn(C)n2)cc1I. The molecule has 0 saturated heterocycles. The monoisotopic (exact) mass is 327 g/mol. The maximum Gasteiger partial charge on any atom is 0.0815 e. The van der Waals surface area contributed by atoms with Crippen LogP contribution in [-0.2, 0) is 13.6 Å². The van der Waals surface area contributed by atoms with Crippen molar-refractivity contribution in [2.24, 2.45) is 7.05 Å². The first-order chi connectivity index (χ1) is 7.65. The predicted molar refractivity (Wildman–Crippen MR) is 74.4 cm³/mol. The normalized spacial score (nSPS) is 10.4. The number of nitrogens with zero attached hydrogens (tertiary/aromatic N) is 2. The zero-order valence-corrected chi connectivity index (χ0v) is 11.5. The number of aryl methyl sites for hydroxylation is 2. The quantitative estimate of drug-likeness (QED) is 0.879. The molecule has 4 heteroatoms. The molecule has 0 aliphatic rings. The highest BCUT2D eigenvalue weighted by Crippen LogP contribution is 2.17. The summed E-state index contributed by atoms with van der Waals surface area (Å²) in [5.74, 6) is 0. The van der Waals surface area contributed by atoms with Crippen molar-refractivity contribution in [3.8, 4) is 0 Å². The average molecular weight is 327 g/mol. The second kappa shape index (κ2) is 4.86. The van der Waals surface area contributed by atoms with Crippen LogP contribution in [0.15, 0.2) is 30.5 Å². The minimum atomic E-state index is 0.764. The predicted octanol–water partition coefficient (Wildman–Crippen LogP) is 2.95. The maximum absolute atomic E-state index is 4.32. The summed E-state index contributed by atoms with van der Waals surface area (Å²) in [7, 11) is 1.93. The van der Waals surface area contributed by atoms with Gasteiger partial charge in [0.05, 0.1) is 12.2 Å². The second-order valence-electron chi connectivity index (χ2n) is 3.80. The van der Waals surface area contributed by atoms with Crippen molar-refractivity contribution in [1.82, 2.24) is 9.78 Å². The minimum Gasteiger partial charge on any atom is -0.379 e. The molecule has 0 aliphatic carbocycles. The Labute approximate surface area is 109 Å². The molecule has 0 fully saturated rings. The second-order valence-corrected chi connectivity index (χ2v) is 4.96. The largest absolute Gasteiger partial charge is 0.379 e. The number of halogens is 1. The summed E-state index contributed by atoms with van der Waals surface area (Å²) in [6, 6.07) is 8.40. The molecule has 0 radical (unpaired) electrons. The van der Waals surface area contributed by atoms with E-state index in [1.807, 2.05) is 24.0 Å². The van der Waals surface area contributed by atoms with Crippen LogP contribution in [0.25, 0.3) is 0 Å². The van der Waals surface area contributed by atoms with Gasteiger partial charge < -0.3 is 5.32 Å². The maximum atomic E-state index is 4.32. The van der Waals surface area contributed by atoms with E-state index in [1.165, 1.54) is 9.13 Å². The van der Waals surface area contributed by atoms with Crippen LogP contribution in [0, 0.1) is 10.5 Å². The van der Waals surface area contributed by atoms with E-state index in [1.54, 1.807) is 0 Å². The lowest BCUT2D eigenvalue weighted by atomic mass is 10.2. The number of hydrogen-bond donors (Lipinski definition) is 1. The highest BCUT2D eigenvalue weighted by atomic mass is 127. The summed E-state index contributed by atoms with van der Waals surface area (Å²) in [5, 5.41) is 7.68. The Morgan fingerprint density at radius 1 is 1.38 bits per heavy atom. The fraction of sp³-hybridized carbons (Fsp3) is 0.250. The fourth-order valence-corrected chi connectivity index (χ4v) is 1.97. The Kier molecular flexibility index (Phi) is 3.48. The van der Waals surface area contributed by atoms with Crippen molar-refractivity contribution in [2.45, 2.75) is 13.5 Å². The number of benzene rings is 1. The molecule has 0 amide bonds. The van der Waals surface area contributed by atoms with Gasteiger partial charge in [0.2, 0.25) is 0 Å². The van der Waals surface area contributed by atoms with E-state index in [0.717, 1.165) is 17.9 Å². The summed E-state index contributed by atoms with van der Waals surface area (Å²) < 4.78 is 3.10. The van der Waals surface area contributed by atoms with Gasteiger partial charge in [0.15, 0.2) is 0 Å². The van der Waals surface area contributed by atoms with Gasteiger partial charge in [-0.3, -0.25) is 4.68 Å². The summed E-state index contributed by atoms with van der Waals surface area (Å²) >= 11 is 2.35. The van der Waals surface area contributed by atoms with E-state index in [-0.39, 0.29) is 0 Å². The van der Waals surface area contributed by atoms with Gasteiger partial charge in [0, 0.05) is 22.5 Å². The standard InChI is InChI=1S/C12H14IN3/c1-9-3-4-10(7-12(9)13)14-8-11-5-6-16(2)15-11/h3-7,14H,8H2,1-2H3. The van der Waals surface area contributed by atoms with E-state index in [0.29, 0.717) is 0 Å². The van der Waals surface area contributed by atoms with Crippen LogP contribution >= 0.6 is 22.6 Å². The van der Waals surface area contributed by atoms with E-state index >= 15 is 0 Å². The Balaban J connectivity index is 2.02. The lowest BCUT2D eigenvalue weighted by Gasteiger charge is -2.06. The van der Waals surface area contributed by atoms with E-state index < -0.39 is 0 Å². The van der Waals surface area contributed by atoms with Crippen LogP contribution in [0.4, 0.5) is 5.69 Å². The van der Waals surface area contributed by atoms with Gasteiger partial charge in [0.25, 0.3) is 0 Å². The smallest absolute Gasteiger partial charge is 0.0815 e. The van der Waals surface area contributed by atoms with Gasteiger partial charge in [-0.2, -0.15) is 5.10 Å². The molecule has 1 aromatic heterocycles. The molecule has 3 nitrogen and oxygen atoms in total. The first-order valence-corrected chi connectivity index (χ1v) is 6.21. The van der Waals surface area contributed by atoms with E-state index in [2.05, 4.69) is 58.1 Å². The zero-order chi connectivity index (χ0) is 11.5. The molecule has 1 N–H and O–H groups in total. The highest BCUT2D eigenvalue weighted by Gasteiger charge is 1.99. The third-order valence-corrected chi connectivity index (χ3v) is 3.58. The van der Waals surface area contributed by atoms with Crippen molar-refractivity contribution < 1.29 is 0 Å². The van der Waals surface area contributed by atoms with Crippen molar-refractivity contribution in [3.63, 3.8) is 0 Å². The molecule has 0 saturated carbocycles.